The lowest BCUT2D eigenvalue weighted by molar-refractivity contribution is -0.383. The first-order chi connectivity index (χ1) is 6.61. The number of nitro benzene ring substituents is 1. The molecule has 0 atom stereocenters. The Morgan fingerprint density at radius 1 is 1.57 bits per heavy atom. The van der Waals surface area contributed by atoms with Gasteiger partial charge >= 0.3 is 5.69 Å². The zero-order valence-corrected chi connectivity index (χ0v) is 11.2. The van der Waals surface area contributed by atoms with Crippen molar-refractivity contribution in [2.24, 2.45) is 0 Å². The molecule has 3 nitrogen and oxygen atoms in total. The summed E-state index contributed by atoms with van der Waals surface area (Å²) < 4.78 is 2.15. The molecule has 0 amide bonds. The van der Waals surface area contributed by atoms with E-state index in [0.717, 1.165) is 13.7 Å². The van der Waals surface area contributed by atoms with Gasteiger partial charge in [-0.1, -0.05) is 0 Å². The first-order valence-electron chi connectivity index (χ1n) is 3.61. The number of nitrogens with zero attached hydrogens (tertiary/aromatic N) is 1. The number of rotatable bonds is 1. The van der Waals surface area contributed by atoms with Crippen molar-refractivity contribution in [3.8, 4) is 0 Å². The third-order valence-electron chi connectivity index (χ3n) is 1.79. The molecule has 0 spiro atoms. The standard InChI is InChI=1S/C8H3BrINO2S/c9-6-5(10)3-4-1-2-14-8(4)7(6)11(12)13/h1-3H. The number of benzene rings is 1. The Bertz CT molecular complexity index is 525. The molecule has 0 N–H and O–H groups in total. The Balaban J connectivity index is 2.93. The molecule has 0 saturated carbocycles. The Morgan fingerprint density at radius 2 is 2.29 bits per heavy atom. The molecule has 72 valence electrons. The minimum Gasteiger partial charge on any atom is -0.258 e. The fourth-order valence-electron chi connectivity index (χ4n) is 1.20. The number of fused-ring (bicyclic) bond motifs is 1. The van der Waals surface area contributed by atoms with E-state index in [1.54, 1.807) is 0 Å². The summed E-state index contributed by atoms with van der Waals surface area (Å²) in [6.45, 7) is 0. The van der Waals surface area contributed by atoms with Crippen LogP contribution >= 0.6 is 49.9 Å². The van der Waals surface area contributed by atoms with Crippen LogP contribution in [-0.4, -0.2) is 4.92 Å². The summed E-state index contributed by atoms with van der Waals surface area (Å²) in [7, 11) is 0. The summed E-state index contributed by atoms with van der Waals surface area (Å²) in [4.78, 5) is 10.5. The quantitative estimate of drug-likeness (QED) is 0.421. The zero-order valence-electron chi connectivity index (χ0n) is 6.66. The number of thiophene rings is 1. The zero-order chi connectivity index (χ0) is 10.3. The molecular weight excluding hydrogens is 381 g/mol. The lowest BCUT2D eigenvalue weighted by Crippen LogP contribution is -1.91. The van der Waals surface area contributed by atoms with Crippen LogP contribution in [0.25, 0.3) is 10.1 Å². The van der Waals surface area contributed by atoms with Crippen molar-refractivity contribution in [3.63, 3.8) is 0 Å². The van der Waals surface area contributed by atoms with Crippen molar-refractivity contribution >= 4 is 65.6 Å². The molecule has 2 aromatic rings. The molecule has 0 aliphatic heterocycles. The third-order valence-corrected chi connectivity index (χ3v) is 5.12. The molecule has 1 aromatic carbocycles. The molecule has 0 aliphatic rings. The van der Waals surface area contributed by atoms with Crippen molar-refractivity contribution in [1.29, 1.82) is 0 Å². The van der Waals surface area contributed by atoms with Gasteiger partial charge in [0, 0.05) is 8.96 Å². The van der Waals surface area contributed by atoms with Gasteiger partial charge < -0.3 is 0 Å². The molecule has 14 heavy (non-hydrogen) atoms. The normalized spacial score (nSPS) is 10.7. The molecule has 0 fully saturated rings. The van der Waals surface area contributed by atoms with Gasteiger partial charge in [-0.15, -0.1) is 11.3 Å². The van der Waals surface area contributed by atoms with Gasteiger partial charge in [0.05, 0.1) is 4.92 Å². The predicted molar refractivity (Wildman–Crippen MR) is 68.9 cm³/mol. The van der Waals surface area contributed by atoms with Gasteiger partial charge in [0.2, 0.25) is 0 Å². The second kappa shape index (κ2) is 3.74. The molecule has 0 bridgehead atoms. The van der Waals surface area contributed by atoms with Gasteiger partial charge in [0.25, 0.3) is 0 Å². The molecule has 0 aliphatic carbocycles. The third kappa shape index (κ3) is 1.55. The topological polar surface area (TPSA) is 43.1 Å². The minimum absolute atomic E-state index is 0.168. The maximum atomic E-state index is 10.9. The largest absolute Gasteiger partial charge is 0.302 e. The van der Waals surface area contributed by atoms with Crippen molar-refractivity contribution in [2.75, 3.05) is 0 Å². The highest BCUT2D eigenvalue weighted by atomic mass is 127. The van der Waals surface area contributed by atoms with Crippen LogP contribution in [0.15, 0.2) is 22.0 Å². The van der Waals surface area contributed by atoms with E-state index < -0.39 is 0 Å². The fourth-order valence-corrected chi connectivity index (χ4v) is 3.28. The maximum Gasteiger partial charge on any atom is 0.302 e. The van der Waals surface area contributed by atoms with Crippen LogP contribution in [0.1, 0.15) is 0 Å². The van der Waals surface area contributed by atoms with Crippen LogP contribution in [-0.2, 0) is 0 Å². The van der Waals surface area contributed by atoms with Gasteiger partial charge in [-0.2, -0.15) is 0 Å². The first-order valence-corrected chi connectivity index (χ1v) is 6.36. The van der Waals surface area contributed by atoms with Crippen LogP contribution in [0, 0.1) is 13.7 Å². The summed E-state index contributed by atoms with van der Waals surface area (Å²) in [5.41, 5.74) is 0.168. The molecular formula is C8H3BrINO2S. The van der Waals surface area contributed by atoms with Crippen LogP contribution in [0.4, 0.5) is 5.69 Å². The van der Waals surface area contributed by atoms with Crippen LogP contribution < -0.4 is 0 Å². The Morgan fingerprint density at radius 3 is 2.93 bits per heavy atom. The van der Waals surface area contributed by atoms with Crippen molar-refractivity contribution < 1.29 is 4.92 Å². The van der Waals surface area contributed by atoms with E-state index >= 15 is 0 Å². The molecule has 0 radical (unpaired) electrons. The van der Waals surface area contributed by atoms with Gasteiger partial charge in [0.15, 0.2) is 0 Å². The average Bonchev–Trinajstić information content (AvgIpc) is 2.52. The smallest absolute Gasteiger partial charge is 0.258 e. The van der Waals surface area contributed by atoms with Gasteiger partial charge in [-0.3, -0.25) is 10.1 Å². The lowest BCUT2D eigenvalue weighted by atomic mass is 10.2. The van der Waals surface area contributed by atoms with E-state index in [9.17, 15) is 10.1 Å². The minimum atomic E-state index is -0.342. The SMILES string of the molecule is O=[N+]([O-])c1c(Br)c(I)cc2ccsc12. The Hall–Kier alpha value is -0.210. The van der Waals surface area contributed by atoms with E-state index in [4.69, 9.17) is 0 Å². The van der Waals surface area contributed by atoms with Gasteiger partial charge in [-0.05, 0) is 56.0 Å². The summed E-state index contributed by atoms with van der Waals surface area (Å²) in [5, 5.41) is 13.7. The van der Waals surface area contributed by atoms with E-state index in [0.29, 0.717) is 4.47 Å². The Kier molecular flexibility index (Phi) is 2.76. The summed E-state index contributed by atoms with van der Waals surface area (Å²) in [6.07, 6.45) is 0. The number of halogens is 2. The highest BCUT2D eigenvalue weighted by Crippen LogP contribution is 2.39. The van der Waals surface area contributed by atoms with Crippen LogP contribution in [0.3, 0.4) is 0 Å². The maximum absolute atomic E-state index is 10.9. The molecule has 0 unspecified atom stereocenters. The number of nitro groups is 1. The highest BCUT2D eigenvalue weighted by molar-refractivity contribution is 14.1. The van der Waals surface area contributed by atoms with Crippen LogP contribution in [0.2, 0.25) is 0 Å². The molecule has 1 aromatic heterocycles. The average molecular weight is 384 g/mol. The molecule has 0 saturated heterocycles. The van der Waals surface area contributed by atoms with Crippen molar-refractivity contribution in [1.82, 2.24) is 0 Å². The molecule has 6 heteroatoms. The van der Waals surface area contributed by atoms with Gasteiger partial charge in [0.1, 0.15) is 9.17 Å². The van der Waals surface area contributed by atoms with Crippen molar-refractivity contribution in [3.05, 3.63) is 35.7 Å². The summed E-state index contributed by atoms with van der Waals surface area (Å²) >= 11 is 6.72. The van der Waals surface area contributed by atoms with E-state index in [-0.39, 0.29) is 10.6 Å². The van der Waals surface area contributed by atoms with E-state index in [1.807, 2.05) is 17.5 Å². The summed E-state index contributed by atoms with van der Waals surface area (Å²) in [6, 6.07) is 3.82. The second-order valence-corrected chi connectivity index (χ2v) is 5.49. The van der Waals surface area contributed by atoms with E-state index in [2.05, 4.69) is 38.5 Å². The molecule has 1 heterocycles. The highest BCUT2D eigenvalue weighted by Gasteiger charge is 2.20. The monoisotopic (exact) mass is 383 g/mol. The number of hydrogen-bond donors (Lipinski definition) is 0. The lowest BCUT2D eigenvalue weighted by Gasteiger charge is -1.99. The Labute approximate surface area is 106 Å². The van der Waals surface area contributed by atoms with Crippen LogP contribution in [0.5, 0.6) is 0 Å². The summed E-state index contributed by atoms with van der Waals surface area (Å²) in [5.74, 6) is 0. The van der Waals surface area contributed by atoms with Crippen molar-refractivity contribution in [2.45, 2.75) is 0 Å². The van der Waals surface area contributed by atoms with Gasteiger partial charge in [-0.25, -0.2) is 0 Å². The second-order valence-electron chi connectivity index (χ2n) is 2.62. The predicted octanol–water partition coefficient (Wildman–Crippen LogP) is 4.18. The molecule has 2 rings (SSSR count). The first kappa shape index (κ1) is 10.3. The number of hydrogen-bond acceptors (Lipinski definition) is 3. The van der Waals surface area contributed by atoms with E-state index in [1.165, 1.54) is 11.3 Å². The fraction of sp³-hybridized carbons (Fsp3) is 0.